The Labute approximate surface area is 134 Å². The molecule has 0 unspecified atom stereocenters. The number of ether oxygens (including phenoxy) is 1. The zero-order chi connectivity index (χ0) is 15.6. The Morgan fingerprint density at radius 1 is 1.09 bits per heavy atom. The number of carbonyl (C=O) groups is 1. The summed E-state index contributed by atoms with van der Waals surface area (Å²) in [7, 11) is 0. The van der Waals surface area contributed by atoms with Crippen LogP contribution < -0.4 is 10.1 Å². The van der Waals surface area contributed by atoms with E-state index < -0.39 is 0 Å². The van der Waals surface area contributed by atoms with Crippen LogP contribution in [-0.2, 0) is 13.0 Å². The molecule has 23 heavy (non-hydrogen) atoms. The van der Waals surface area contributed by atoms with Crippen molar-refractivity contribution < 1.29 is 9.53 Å². The minimum atomic E-state index is -0.0135. The van der Waals surface area contributed by atoms with Crippen LogP contribution in [0, 0.1) is 0 Å². The van der Waals surface area contributed by atoms with Gasteiger partial charge in [-0.3, -0.25) is 4.79 Å². The first kappa shape index (κ1) is 13.9. The number of aromatic amines is 1. The number of aryl methyl sites for hydroxylation is 1. The van der Waals surface area contributed by atoms with Crippen LogP contribution in [0.3, 0.4) is 0 Å². The van der Waals surface area contributed by atoms with Crippen LogP contribution in [0.4, 0.5) is 0 Å². The third-order valence-corrected chi connectivity index (χ3v) is 4.24. The number of fused-ring (bicyclic) bond motifs is 3. The summed E-state index contributed by atoms with van der Waals surface area (Å²) in [5.41, 5.74) is 3.91. The van der Waals surface area contributed by atoms with Gasteiger partial charge in [0.15, 0.2) is 0 Å². The van der Waals surface area contributed by atoms with Crippen molar-refractivity contribution in [2.24, 2.45) is 0 Å². The molecule has 0 bridgehead atoms. The first-order valence-electron chi connectivity index (χ1n) is 7.91. The fraction of sp³-hybridized carbons (Fsp3) is 0.211. The first-order chi connectivity index (χ1) is 11.3. The molecule has 0 spiro atoms. The number of hydrogen-bond donors (Lipinski definition) is 2. The molecule has 2 aromatic carbocycles. The fourth-order valence-electron chi connectivity index (χ4n) is 3.07. The summed E-state index contributed by atoms with van der Waals surface area (Å²) in [5.74, 6) is 0.813. The minimum Gasteiger partial charge on any atom is -0.489 e. The molecule has 1 amide bonds. The van der Waals surface area contributed by atoms with Gasteiger partial charge < -0.3 is 15.0 Å². The summed E-state index contributed by atoms with van der Waals surface area (Å²) in [6, 6.07) is 16.1. The summed E-state index contributed by atoms with van der Waals surface area (Å²) in [4.78, 5) is 15.3. The summed E-state index contributed by atoms with van der Waals surface area (Å²) >= 11 is 0. The Bertz CT molecular complexity index is 852. The molecule has 0 saturated heterocycles. The van der Waals surface area contributed by atoms with Crippen LogP contribution in [0.5, 0.6) is 5.75 Å². The van der Waals surface area contributed by atoms with Crippen LogP contribution in [0.25, 0.3) is 10.9 Å². The molecule has 116 valence electrons. The van der Waals surface area contributed by atoms with E-state index in [-0.39, 0.29) is 5.91 Å². The van der Waals surface area contributed by atoms with Gasteiger partial charge in [0.05, 0.1) is 0 Å². The lowest BCUT2D eigenvalue weighted by Crippen LogP contribution is -2.22. The van der Waals surface area contributed by atoms with E-state index in [4.69, 9.17) is 4.74 Å². The molecular formula is C19H18N2O2. The van der Waals surface area contributed by atoms with E-state index in [0.717, 1.165) is 47.2 Å². The molecule has 0 radical (unpaired) electrons. The minimum absolute atomic E-state index is 0.0135. The van der Waals surface area contributed by atoms with Gasteiger partial charge in [0.25, 0.3) is 5.91 Å². The maximum atomic E-state index is 12.1. The second-order valence-corrected chi connectivity index (χ2v) is 5.82. The highest BCUT2D eigenvalue weighted by atomic mass is 16.5. The van der Waals surface area contributed by atoms with Crippen molar-refractivity contribution >= 4 is 16.8 Å². The van der Waals surface area contributed by atoms with E-state index >= 15 is 0 Å². The van der Waals surface area contributed by atoms with Crippen LogP contribution in [0.1, 0.15) is 28.0 Å². The Kier molecular flexibility index (Phi) is 3.50. The van der Waals surface area contributed by atoms with E-state index in [1.165, 1.54) is 0 Å². The molecule has 0 atom stereocenters. The lowest BCUT2D eigenvalue weighted by molar-refractivity contribution is 0.0952. The molecule has 4 rings (SSSR count). The van der Waals surface area contributed by atoms with Crippen molar-refractivity contribution in [1.82, 2.24) is 10.3 Å². The normalized spacial score (nSPS) is 14.2. The number of rotatable bonds is 3. The number of hydrogen-bond acceptors (Lipinski definition) is 2. The molecule has 0 aliphatic carbocycles. The lowest BCUT2D eigenvalue weighted by atomic mass is 10.1. The predicted octanol–water partition coefficient (Wildman–Crippen LogP) is 3.42. The van der Waals surface area contributed by atoms with Crippen LogP contribution >= 0.6 is 0 Å². The summed E-state index contributed by atoms with van der Waals surface area (Å²) in [6.45, 7) is 1.27. The van der Waals surface area contributed by atoms with E-state index in [9.17, 15) is 4.79 Å². The van der Waals surface area contributed by atoms with E-state index in [1.54, 1.807) is 0 Å². The van der Waals surface area contributed by atoms with Gasteiger partial charge in [-0.1, -0.05) is 30.3 Å². The monoisotopic (exact) mass is 306 g/mol. The van der Waals surface area contributed by atoms with Gasteiger partial charge in [-0.2, -0.15) is 0 Å². The van der Waals surface area contributed by atoms with Crippen molar-refractivity contribution in [3.8, 4) is 5.75 Å². The Balaban J connectivity index is 1.65. The van der Waals surface area contributed by atoms with Gasteiger partial charge >= 0.3 is 0 Å². The molecule has 3 aromatic rings. The summed E-state index contributed by atoms with van der Waals surface area (Å²) in [5, 5.41) is 4.01. The standard InChI is InChI=1S/C19H18N2O2/c22-19-18-15(7-4-10-20-19)16-11-14(8-9-17(16)21-18)23-12-13-5-2-1-3-6-13/h1-3,5-6,8-9,11,21H,4,7,10,12H2,(H,20,22). The second-order valence-electron chi connectivity index (χ2n) is 5.82. The van der Waals surface area contributed by atoms with Crippen molar-refractivity contribution in [3.05, 3.63) is 65.4 Å². The van der Waals surface area contributed by atoms with Crippen LogP contribution in [-0.4, -0.2) is 17.4 Å². The number of nitrogens with one attached hydrogen (secondary N) is 2. The second kappa shape index (κ2) is 5.80. The smallest absolute Gasteiger partial charge is 0.268 e. The predicted molar refractivity (Wildman–Crippen MR) is 89.7 cm³/mol. The average molecular weight is 306 g/mol. The molecule has 0 saturated carbocycles. The average Bonchev–Trinajstić information content (AvgIpc) is 2.85. The number of H-pyrrole nitrogens is 1. The molecule has 4 heteroatoms. The van der Waals surface area contributed by atoms with Crippen molar-refractivity contribution in [2.45, 2.75) is 19.4 Å². The van der Waals surface area contributed by atoms with Crippen LogP contribution in [0.2, 0.25) is 0 Å². The highest BCUT2D eigenvalue weighted by molar-refractivity contribution is 6.01. The van der Waals surface area contributed by atoms with E-state index in [2.05, 4.69) is 10.3 Å². The maximum absolute atomic E-state index is 12.1. The van der Waals surface area contributed by atoms with Crippen molar-refractivity contribution in [2.75, 3.05) is 6.54 Å². The van der Waals surface area contributed by atoms with Crippen LogP contribution in [0.15, 0.2) is 48.5 Å². The SMILES string of the molecule is O=C1NCCCc2c1[nH]c1ccc(OCc3ccccc3)cc21. The van der Waals surface area contributed by atoms with Gasteiger partial charge in [-0.15, -0.1) is 0 Å². The molecule has 2 N–H and O–H groups in total. The highest BCUT2D eigenvalue weighted by Gasteiger charge is 2.20. The molecular weight excluding hydrogens is 288 g/mol. The zero-order valence-electron chi connectivity index (χ0n) is 12.8. The number of carbonyl (C=O) groups excluding carboxylic acids is 1. The van der Waals surface area contributed by atoms with Gasteiger partial charge in [0.2, 0.25) is 0 Å². The molecule has 2 heterocycles. The van der Waals surface area contributed by atoms with Gasteiger partial charge in [0.1, 0.15) is 18.1 Å². The van der Waals surface area contributed by atoms with Gasteiger partial charge in [-0.05, 0) is 42.2 Å². The third-order valence-electron chi connectivity index (χ3n) is 4.24. The quantitative estimate of drug-likeness (QED) is 0.779. The highest BCUT2D eigenvalue weighted by Crippen LogP contribution is 2.29. The van der Waals surface area contributed by atoms with Gasteiger partial charge in [0, 0.05) is 17.4 Å². The fourth-order valence-corrected chi connectivity index (χ4v) is 3.07. The molecule has 1 aliphatic heterocycles. The Morgan fingerprint density at radius 3 is 2.83 bits per heavy atom. The molecule has 0 fully saturated rings. The lowest BCUT2D eigenvalue weighted by Gasteiger charge is -2.07. The number of amides is 1. The third kappa shape index (κ3) is 2.68. The summed E-state index contributed by atoms with van der Waals surface area (Å²) in [6.07, 6.45) is 1.86. The van der Waals surface area contributed by atoms with Crippen molar-refractivity contribution in [3.63, 3.8) is 0 Å². The molecule has 1 aliphatic rings. The molecule has 1 aromatic heterocycles. The maximum Gasteiger partial charge on any atom is 0.268 e. The summed E-state index contributed by atoms with van der Waals surface area (Å²) < 4.78 is 5.90. The van der Waals surface area contributed by atoms with E-state index in [0.29, 0.717) is 12.3 Å². The number of aromatic nitrogens is 1. The molecule has 4 nitrogen and oxygen atoms in total. The topological polar surface area (TPSA) is 54.1 Å². The van der Waals surface area contributed by atoms with Gasteiger partial charge in [-0.25, -0.2) is 0 Å². The Hall–Kier alpha value is -2.75. The zero-order valence-corrected chi connectivity index (χ0v) is 12.8. The Morgan fingerprint density at radius 2 is 1.96 bits per heavy atom. The van der Waals surface area contributed by atoms with E-state index in [1.807, 2.05) is 48.5 Å². The first-order valence-corrected chi connectivity index (χ1v) is 7.91. The number of benzene rings is 2. The largest absolute Gasteiger partial charge is 0.489 e. The van der Waals surface area contributed by atoms with Crippen molar-refractivity contribution in [1.29, 1.82) is 0 Å².